The van der Waals surface area contributed by atoms with E-state index >= 15 is 0 Å². The number of fused-ring (bicyclic) bond motifs is 1. The van der Waals surface area contributed by atoms with Crippen LogP contribution in [0.2, 0.25) is 0 Å². The van der Waals surface area contributed by atoms with Gasteiger partial charge in [0.2, 0.25) is 0 Å². The van der Waals surface area contributed by atoms with Crippen LogP contribution < -0.4 is 10.1 Å². The molecule has 0 atom stereocenters. The molecule has 1 fully saturated rings. The molecule has 0 saturated heterocycles. The number of hydrogen-bond acceptors (Lipinski definition) is 5. The van der Waals surface area contributed by atoms with Crippen molar-refractivity contribution in [3.8, 4) is 23.1 Å². The second kappa shape index (κ2) is 9.48. The number of aromatic nitrogens is 1. The Morgan fingerprint density at radius 2 is 1.91 bits per heavy atom. The van der Waals surface area contributed by atoms with Gasteiger partial charge in [0.15, 0.2) is 0 Å². The number of anilines is 1. The van der Waals surface area contributed by atoms with E-state index < -0.39 is 9.84 Å². The molecule has 4 rings (SSSR count). The molecule has 1 heterocycles. The molecule has 1 saturated carbocycles. The maximum atomic E-state index is 11.4. The molecule has 1 N–H and O–H groups in total. The number of rotatable bonds is 10. The molecule has 1 aliphatic rings. The summed E-state index contributed by atoms with van der Waals surface area (Å²) >= 11 is 0. The summed E-state index contributed by atoms with van der Waals surface area (Å²) < 4.78 is 30.8. The van der Waals surface area contributed by atoms with Crippen LogP contribution in [0.4, 0.5) is 5.69 Å². The fourth-order valence-corrected chi connectivity index (χ4v) is 4.79. The zero-order chi connectivity index (χ0) is 23.6. The molecule has 2 aromatic carbocycles. The topological polar surface area (TPSA) is 84.1 Å². The quantitative estimate of drug-likeness (QED) is 0.415. The number of benzene rings is 2. The lowest BCUT2D eigenvalue weighted by Gasteiger charge is -2.13. The van der Waals surface area contributed by atoms with Gasteiger partial charge < -0.3 is 14.6 Å². The summed E-state index contributed by atoms with van der Waals surface area (Å²) in [6, 6.07) is 16.9. The highest BCUT2D eigenvalue weighted by Gasteiger charge is 2.26. The van der Waals surface area contributed by atoms with Crippen molar-refractivity contribution in [2.75, 3.05) is 23.9 Å². The van der Waals surface area contributed by atoms with Crippen LogP contribution in [0.3, 0.4) is 0 Å². The summed E-state index contributed by atoms with van der Waals surface area (Å²) in [7, 11) is -3.00. The Kier molecular flexibility index (Phi) is 6.66. The van der Waals surface area contributed by atoms with Crippen molar-refractivity contribution in [1.29, 1.82) is 5.26 Å². The molecule has 0 aliphatic heterocycles. The second-order valence-electron chi connectivity index (χ2n) is 9.28. The Morgan fingerprint density at radius 3 is 2.52 bits per heavy atom. The summed E-state index contributed by atoms with van der Waals surface area (Å²) in [5.41, 5.74) is 4.69. The third-order valence-corrected chi connectivity index (χ3v) is 6.86. The average Bonchev–Trinajstić information content (AvgIpc) is 3.52. The van der Waals surface area contributed by atoms with E-state index in [1.54, 1.807) is 0 Å². The first kappa shape index (κ1) is 23.2. The largest absolute Gasteiger partial charge is 0.493 e. The zero-order valence-corrected chi connectivity index (χ0v) is 20.3. The maximum Gasteiger partial charge on any atom is 0.147 e. The van der Waals surface area contributed by atoms with Gasteiger partial charge in [-0.2, -0.15) is 5.26 Å². The van der Waals surface area contributed by atoms with Gasteiger partial charge in [0.25, 0.3) is 0 Å². The Morgan fingerprint density at radius 1 is 1.18 bits per heavy atom. The van der Waals surface area contributed by atoms with Crippen LogP contribution in [-0.2, 0) is 16.4 Å². The van der Waals surface area contributed by atoms with E-state index in [4.69, 9.17) is 4.74 Å². The molecular weight excluding hydrogens is 434 g/mol. The Bertz CT molecular complexity index is 1280. The van der Waals surface area contributed by atoms with Gasteiger partial charge in [0.1, 0.15) is 21.7 Å². The predicted octanol–water partition coefficient (Wildman–Crippen LogP) is 5.22. The zero-order valence-electron chi connectivity index (χ0n) is 19.5. The lowest BCUT2D eigenvalue weighted by atomic mass is 10.1. The minimum Gasteiger partial charge on any atom is -0.493 e. The highest BCUT2D eigenvalue weighted by Crippen LogP contribution is 2.39. The van der Waals surface area contributed by atoms with E-state index in [1.165, 1.54) is 19.1 Å². The normalized spacial score (nSPS) is 13.9. The summed E-state index contributed by atoms with van der Waals surface area (Å²) in [6.45, 7) is 5.42. The highest BCUT2D eigenvalue weighted by atomic mass is 32.2. The predicted molar refractivity (Wildman–Crippen MR) is 133 cm³/mol. The summed E-state index contributed by atoms with van der Waals surface area (Å²) in [5.74, 6) is 1.43. The number of nitriles is 1. The Balaban J connectivity index is 1.70. The first-order valence-electron chi connectivity index (χ1n) is 11.5. The van der Waals surface area contributed by atoms with Gasteiger partial charge in [0, 0.05) is 36.0 Å². The average molecular weight is 466 g/mol. The van der Waals surface area contributed by atoms with Crippen molar-refractivity contribution < 1.29 is 13.2 Å². The van der Waals surface area contributed by atoms with Crippen LogP contribution in [0.25, 0.3) is 22.2 Å². The number of ether oxygens (including phenoxy) is 1. The molecule has 0 unspecified atom stereocenters. The molecule has 0 radical (unpaired) electrons. The molecule has 1 aromatic heterocycles. The van der Waals surface area contributed by atoms with Crippen molar-refractivity contribution in [2.45, 2.75) is 45.7 Å². The first-order chi connectivity index (χ1) is 15.7. The highest BCUT2D eigenvalue weighted by molar-refractivity contribution is 7.90. The maximum absolute atomic E-state index is 11.4. The van der Waals surface area contributed by atoms with Crippen LogP contribution in [0, 0.1) is 17.2 Å². The van der Waals surface area contributed by atoms with Gasteiger partial charge in [-0.3, -0.25) is 0 Å². The van der Waals surface area contributed by atoms with E-state index in [2.05, 4.69) is 54.1 Å². The van der Waals surface area contributed by atoms with Crippen molar-refractivity contribution in [3.63, 3.8) is 0 Å². The van der Waals surface area contributed by atoms with Crippen LogP contribution >= 0.6 is 0 Å². The van der Waals surface area contributed by atoms with Crippen LogP contribution in [-0.4, -0.2) is 37.6 Å². The monoisotopic (exact) mass is 465 g/mol. The van der Waals surface area contributed by atoms with E-state index in [0.717, 1.165) is 34.4 Å². The van der Waals surface area contributed by atoms with Gasteiger partial charge in [0.05, 0.1) is 29.1 Å². The minimum absolute atomic E-state index is 0.109. The molecule has 3 aromatic rings. The SMILES string of the molecule is CC(C)Nc1ccc(-c2c(C#N)c3ccc(OCCCS(C)(=O)=O)cc3n2CC2CC2)cc1. The fraction of sp³-hybridized carbons (Fsp3) is 0.423. The molecule has 33 heavy (non-hydrogen) atoms. The fourth-order valence-electron chi connectivity index (χ4n) is 4.15. The van der Waals surface area contributed by atoms with E-state index in [1.807, 2.05) is 18.2 Å². The molecule has 6 nitrogen and oxygen atoms in total. The molecule has 7 heteroatoms. The Hall–Kier alpha value is -2.98. The van der Waals surface area contributed by atoms with Crippen LogP contribution in [0.5, 0.6) is 5.75 Å². The van der Waals surface area contributed by atoms with Gasteiger partial charge in [-0.15, -0.1) is 0 Å². The number of nitrogens with one attached hydrogen (secondary N) is 1. The number of nitrogens with zero attached hydrogens (tertiary/aromatic N) is 2. The van der Waals surface area contributed by atoms with Crippen molar-refractivity contribution in [1.82, 2.24) is 4.57 Å². The summed E-state index contributed by atoms with van der Waals surface area (Å²) in [5, 5.41) is 14.4. The van der Waals surface area contributed by atoms with Crippen molar-refractivity contribution >= 4 is 26.4 Å². The summed E-state index contributed by atoms with van der Waals surface area (Å²) in [4.78, 5) is 0. The number of hydrogen-bond donors (Lipinski definition) is 1. The van der Waals surface area contributed by atoms with E-state index in [0.29, 0.717) is 36.3 Å². The van der Waals surface area contributed by atoms with Crippen molar-refractivity contribution in [3.05, 3.63) is 48.0 Å². The lowest BCUT2D eigenvalue weighted by Crippen LogP contribution is -2.09. The first-order valence-corrected chi connectivity index (χ1v) is 13.5. The molecule has 1 aliphatic carbocycles. The molecular formula is C26H31N3O3S. The lowest BCUT2D eigenvalue weighted by molar-refractivity contribution is 0.318. The molecule has 0 spiro atoms. The second-order valence-corrected chi connectivity index (χ2v) is 11.5. The van der Waals surface area contributed by atoms with Gasteiger partial charge >= 0.3 is 0 Å². The van der Waals surface area contributed by atoms with Gasteiger partial charge in [-0.25, -0.2) is 8.42 Å². The molecule has 0 amide bonds. The van der Waals surface area contributed by atoms with E-state index in [9.17, 15) is 13.7 Å². The third kappa shape index (κ3) is 5.69. The summed E-state index contributed by atoms with van der Waals surface area (Å²) in [6.07, 6.45) is 4.10. The van der Waals surface area contributed by atoms with Gasteiger partial charge in [-0.1, -0.05) is 12.1 Å². The number of sulfone groups is 1. The third-order valence-electron chi connectivity index (χ3n) is 5.83. The molecule has 174 valence electrons. The minimum atomic E-state index is -3.00. The smallest absolute Gasteiger partial charge is 0.147 e. The van der Waals surface area contributed by atoms with Crippen LogP contribution in [0.1, 0.15) is 38.7 Å². The van der Waals surface area contributed by atoms with Gasteiger partial charge in [-0.05, 0) is 68.9 Å². The Labute approximate surface area is 196 Å². The van der Waals surface area contributed by atoms with Crippen molar-refractivity contribution in [2.24, 2.45) is 5.92 Å². The van der Waals surface area contributed by atoms with Crippen LogP contribution in [0.15, 0.2) is 42.5 Å². The van der Waals surface area contributed by atoms with E-state index in [-0.39, 0.29) is 5.75 Å². The molecule has 0 bridgehead atoms. The standard InChI is InChI=1S/C26H31N3O3S/c1-18(2)28-21-9-7-20(8-10-21)26-24(16-27)23-12-11-22(32-13-4-14-33(3,30)31)15-25(23)29(26)17-19-5-6-19/h7-12,15,18-19,28H,4-6,13-14,17H2,1-3H3.